The Kier molecular flexibility index (Phi) is 5.61. The van der Waals surface area contributed by atoms with Crippen LogP contribution in [0.2, 0.25) is 0 Å². The summed E-state index contributed by atoms with van der Waals surface area (Å²) in [7, 11) is 0. The van der Waals surface area contributed by atoms with Crippen molar-refractivity contribution in [3.63, 3.8) is 0 Å². The number of aryl methyl sites for hydroxylation is 1. The highest BCUT2D eigenvalue weighted by atomic mass is 16.3. The normalized spacial score (nSPS) is 13.3. The second kappa shape index (κ2) is 6.74. The average Bonchev–Trinajstić information content (AvgIpc) is 2.63. The summed E-state index contributed by atoms with van der Waals surface area (Å²) in [5.41, 5.74) is 0. The van der Waals surface area contributed by atoms with Gasteiger partial charge < -0.3 is 9.73 Å². The molecule has 16 heavy (non-hydrogen) atoms. The third-order valence-electron chi connectivity index (χ3n) is 2.85. The van der Waals surface area contributed by atoms with Gasteiger partial charge in [0.15, 0.2) is 0 Å². The first-order valence-electron chi connectivity index (χ1n) is 6.39. The van der Waals surface area contributed by atoms with Crippen LogP contribution in [0.5, 0.6) is 0 Å². The van der Waals surface area contributed by atoms with Gasteiger partial charge >= 0.3 is 0 Å². The van der Waals surface area contributed by atoms with Crippen molar-refractivity contribution in [1.82, 2.24) is 5.32 Å². The number of rotatable bonds is 7. The van der Waals surface area contributed by atoms with E-state index in [1.807, 2.05) is 13.0 Å². The molecular weight excluding hydrogens is 198 g/mol. The molecular formula is C14H25NO. The summed E-state index contributed by atoms with van der Waals surface area (Å²) in [5, 5.41) is 3.49. The zero-order valence-corrected chi connectivity index (χ0v) is 11.0. The summed E-state index contributed by atoms with van der Waals surface area (Å²) < 4.78 is 5.58. The molecule has 1 aromatic heterocycles. The fraction of sp³-hybridized carbons (Fsp3) is 0.714. The first kappa shape index (κ1) is 13.3. The number of unbranched alkanes of at least 4 members (excludes halogenated alkanes) is 1. The van der Waals surface area contributed by atoms with Crippen LogP contribution >= 0.6 is 0 Å². The van der Waals surface area contributed by atoms with Gasteiger partial charge in [-0.2, -0.15) is 0 Å². The number of hydrogen-bond acceptors (Lipinski definition) is 2. The van der Waals surface area contributed by atoms with Gasteiger partial charge in [0.2, 0.25) is 0 Å². The van der Waals surface area contributed by atoms with Crippen LogP contribution in [-0.2, 0) is 0 Å². The fourth-order valence-electron chi connectivity index (χ4n) is 1.78. The van der Waals surface area contributed by atoms with Crippen LogP contribution in [0.25, 0.3) is 0 Å². The number of furan rings is 1. The maximum atomic E-state index is 5.58. The minimum Gasteiger partial charge on any atom is -0.465 e. The first-order valence-corrected chi connectivity index (χ1v) is 6.39. The highest BCUT2D eigenvalue weighted by Crippen LogP contribution is 2.15. The lowest BCUT2D eigenvalue weighted by molar-refractivity contribution is 0.410. The van der Waals surface area contributed by atoms with E-state index >= 15 is 0 Å². The van der Waals surface area contributed by atoms with E-state index < -0.39 is 0 Å². The van der Waals surface area contributed by atoms with Gasteiger partial charge in [0, 0.05) is 0 Å². The van der Waals surface area contributed by atoms with E-state index in [1.54, 1.807) is 0 Å². The van der Waals surface area contributed by atoms with Crippen molar-refractivity contribution in [2.24, 2.45) is 5.92 Å². The fourth-order valence-corrected chi connectivity index (χ4v) is 1.78. The third kappa shape index (κ3) is 4.84. The molecule has 92 valence electrons. The minimum atomic E-state index is 0.327. The van der Waals surface area contributed by atoms with E-state index in [0.717, 1.165) is 24.0 Å². The molecule has 0 aliphatic heterocycles. The van der Waals surface area contributed by atoms with Gasteiger partial charge in [-0.25, -0.2) is 0 Å². The van der Waals surface area contributed by atoms with Crippen LogP contribution in [0, 0.1) is 12.8 Å². The van der Waals surface area contributed by atoms with E-state index in [1.165, 1.54) is 19.3 Å². The summed E-state index contributed by atoms with van der Waals surface area (Å²) >= 11 is 0. The second-order valence-corrected chi connectivity index (χ2v) is 5.01. The van der Waals surface area contributed by atoms with Gasteiger partial charge in [0.05, 0.1) is 6.04 Å². The largest absolute Gasteiger partial charge is 0.465 e. The Balaban J connectivity index is 2.13. The molecule has 1 atom stereocenters. The maximum absolute atomic E-state index is 5.58. The van der Waals surface area contributed by atoms with Gasteiger partial charge in [-0.3, -0.25) is 0 Å². The van der Waals surface area contributed by atoms with Crippen molar-refractivity contribution >= 4 is 0 Å². The van der Waals surface area contributed by atoms with Crippen LogP contribution in [0.15, 0.2) is 16.5 Å². The Hall–Kier alpha value is -0.760. The van der Waals surface area contributed by atoms with Crippen LogP contribution in [-0.4, -0.2) is 6.54 Å². The van der Waals surface area contributed by atoms with Gasteiger partial charge in [-0.1, -0.05) is 26.7 Å². The Labute approximate surface area is 99.4 Å². The topological polar surface area (TPSA) is 25.2 Å². The van der Waals surface area contributed by atoms with E-state index in [9.17, 15) is 0 Å². The highest BCUT2D eigenvalue weighted by molar-refractivity contribution is 5.08. The van der Waals surface area contributed by atoms with Crippen molar-refractivity contribution in [3.05, 3.63) is 23.7 Å². The van der Waals surface area contributed by atoms with Crippen molar-refractivity contribution in [3.8, 4) is 0 Å². The summed E-state index contributed by atoms with van der Waals surface area (Å²) in [6.07, 6.45) is 3.90. The zero-order chi connectivity index (χ0) is 12.0. The van der Waals surface area contributed by atoms with Crippen LogP contribution in [0.3, 0.4) is 0 Å². The van der Waals surface area contributed by atoms with E-state index in [-0.39, 0.29) is 0 Å². The Morgan fingerprint density at radius 1 is 1.19 bits per heavy atom. The lowest BCUT2D eigenvalue weighted by Gasteiger charge is -2.11. The molecule has 2 heteroatoms. The summed E-state index contributed by atoms with van der Waals surface area (Å²) in [5.74, 6) is 2.86. The summed E-state index contributed by atoms with van der Waals surface area (Å²) in [6, 6.07) is 4.40. The lowest BCUT2D eigenvalue weighted by Crippen LogP contribution is -2.19. The Bertz CT molecular complexity index is 291. The Morgan fingerprint density at radius 3 is 2.50 bits per heavy atom. The molecule has 1 rings (SSSR count). The van der Waals surface area contributed by atoms with E-state index in [4.69, 9.17) is 4.42 Å². The zero-order valence-electron chi connectivity index (χ0n) is 11.0. The Morgan fingerprint density at radius 2 is 1.94 bits per heavy atom. The van der Waals surface area contributed by atoms with E-state index in [0.29, 0.717) is 6.04 Å². The molecule has 2 nitrogen and oxygen atoms in total. The van der Waals surface area contributed by atoms with Crippen LogP contribution < -0.4 is 5.32 Å². The average molecular weight is 223 g/mol. The monoisotopic (exact) mass is 223 g/mol. The molecule has 0 spiro atoms. The van der Waals surface area contributed by atoms with Crippen molar-refractivity contribution < 1.29 is 4.42 Å². The molecule has 0 radical (unpaired) electrons. The molecule has 0 aliphatic carbocycles. The SMILES string of the molecule is Cc1ccc(C(C)NCCCCC(C)C)o1. The van der Waals surface area contributed by atoms with Crippen LogP contribution in [0.4, 0.5) is 0 Å². The molecule has 1 heterocycles. The molecule has 0 amide bonds. The maximum Gasteiger partial charge on any atom is 0.120 e. The predicted molar refractivity (Wildman–Crippen MR) is 68.6 cm³/mol. The lowest BCUT2D eigenvalue weighted by atomic mass is 10.1. The standard InChI is InChI=1S/C14H25NO/c1-11(2)7-5-6-10-15-13(4)14-9-8-12(3)16-14/h8-9,11,13,15H,5-7,10H2,1-4H3. The van der Waals surface area contributed by atoms with Gasteiger partial charge in [-0.15, -0.1) is 0 Å². The molecule has 0 fully saturated rings. The van der Waals surface area contributed by atoms with Gasteiger partial charge in [-0.05, 0) is 44.9 Å². The summed E-state index contributed by atoms with van der Waals surface area (Å²) in [6.45, 7) is 9.77. The number of hydrogen-bond donors (Lipinski definition) is 1. The van der Waals surface area contributed by atoms with Gasteiger partial charge in [0.1, 0.15) is 11.5 Å². The molecule has 0 saturated carbocycles. The third-order valence-corrected chi connectivity index (χ3v) is 2.85. The molecule has 0 saturated heterocycles. The molecule has 0 bridgehead atoms. The van der Waals surface area contributed by atoms with E-state index in [2.05, 4.69) is 32.2 Å². The summed E-state index contributed by atoms with van der Waals surface area (Å²) in [4.78, 5) is 0. The van der Waals surface area contributed by atoms with Gasteiger partial charge in [0.25, 0.3) is 0 Å². The van der Waals surface area contributed by atoms with Crippen molar-refractivity contribution in [1.29, 1.82) is 0 Å². The molecule has 0 aliphatic rings. The molecule has 0 aromatic carbocycles. The predicted octanol–water partition coefficient (Wildman–Crippen LogP) is 4.06. The number of nitrogens with one attached hydrogen (secondary N) is 1. The highest BCUT2D eigenvalue weighted by Gasteiger charge is 2.07. The quantitative estimate of drug-likeness (QED) is 0.705. The molecule has 1 N–H and O–H groups in total. The first-order chi connectivity index (χ1) is 7.59. The van der Waals surface area contributed by atoms with Crippen molar-refractivity contribution in [2.45, 2.75) is 53.0 Å². The van der Waals surface area contributed by atoms with Crippen molar-refractivity contribution in [2.75, 3.05) is 6.54 Å². The van der Waals surface area contributed by atoms with Crippen LogP contribution in [0.1, 0.15) is 57.6 Å². The molecule has 1 aromatic rings. The minimum absolute atomic E-state index is 0.327. The molecule has 1 unspecified atom stereocenters. The second-order valence-electron chi connectivity index (χ2n) is 5.01. The smallest absolute Gasteiger partial charge is 0.120 e.